The SMILES string of the molecule is CCNc1nc(C)cc(NCC(C)(C)S(C)(=O)=O)n1. The zero-order valence-corrected chi connectivity index (χ0v) is 12.9. The molecule has 0 spiro atoms. The third kappa shape index (κ3) is 4.34. The van der Waals surface area contributed by atoms with E-state index in [1.165, 1.54) is 6.26 Å². The molecule has 0 aromatic carbocycles. The van der Waals surface area contributed by atoms with E-state index in [1.807, 2.05) is 13.8 Å². The standard InChI is InChI=1S/C12H22N4O2S/c1-6-13-11-15-9(2)7-10(16-11)14-8-12(3,4)19(5,17)18/h7H,6,8H2,1-5H3,(H2,13,14,15,16). The van der Waals surface area contributed by atoms with Crippen molar-refractivity contribution in [2.75, 3.05) is 30.0 Å². The van der Waals surface area contributed by atoms with Crippen molar-refractivity contribution in [2.24, 2.45) is 0 Å². The Balaban J connectivity index is 2.83. The van der Waals surface area contributed by atoms with Gasteiger partial charge in [0.25, 0.3) is 0 Å². The summed E-state index contributed by atoms with van der Waals surface area (Å²) in [7, 11) is -3.12. The minimum absolute atomic E-state index is 0.299. The summed E-state index contributed by atoms with van der Waals surface area (Å²) in [5.74, 6) is 1.17. The van der Waals surface area contributed by atoms with Gasteiger partial charge in [-0.15, -0.1) is 0 Å². The minimum Gasteiger partial charge on any atom is -0.368 e. The number of rotatable bonds is 6. The molecule has 108 valence electrons. The molecule has 0 saturated carbocycles. The Labute approximate surface area is 115 Å². The Morgan fingerprint density at radius 3 is 2.42 bits per heavy atom. The first-order valence-electron chi connectivity index (χ1n) is 6.19. The highest BCUT2D eigenvalue weighted by molar-refractivity contribution is 7.92. The number of sulfone groups is 1. The first-order chi connectivity index (χ1) is 8.65. The number of anilines is 2. The number of aromatic nitrogens is 2. The Morgan fingerprint density at radius 1 is 1.26 bits per heavy atom. The van der Waals surface area contributed by atoms with Crippen molar-refractivity contribution in [1.82, 2.24) is 9.97 Å². The zero-order chi connectivity index (χ0) is 14.7. The molecule has 0 aliphatic carbocycles. The molecule has 19 heavy (non-hydrogen) atoms. The van der Waals surface area contributed by atoms with Gasteiger partial charge in [-0.2, -0.15) is 4.98 Å². The van der Waals surface area contributed by atoms with Crippen LogP contribution in [0.1, 0.15) is 26.5 Å². The van der Waals surface area contributed by atoms with E-state index in [9.17, 15) is 8.42 Å². The molecule has 1 aromatic rings. The molecule has 0 bridgehead atoms. The molecule has 7 heteroatoms. The average molecular weight is 286 g/mol. The average Bonchev–Trinajstić information content (AvgIpc) is 2.25. The number of hydrogen-bond donors (Lipinski definition) is 2. The van der Waals surface area contributed by atoms with Crippen molar-refractivity contribution in [3.63, 3.8) is 0 Å². The van der Waals surface area contributed by atoms with E-state index in [-0.39, 0.29) is 0 Å². The van der Waals surface area contributed by atoms with Crippen molar-refractivity contribution in [2.45, 2.75) is 32.4 Å². The van der Waals surface area contributed by atoms with Gasteiger partial charge in [-0.1, -0.05) is 0 Å². The first kappa shape index (κ1) is 15.7. The summed E-state index contributed by atoms with van der Waals surface area (Å²) in [6, 6.07) is 1.79. The van der Waals surface area contributed by atoms with Gasteiger partial charge in [0.1, 0.15) is 5.82 Å². The van der Waals surface area contributed by atoms with Crippen LogP contribution in [-0.4, -0.2) is 42.5 Å². The summed E-state index contributed by atoms with van der Waals surface area (Å²) < 4.78 is 22.4. The van der Waals surface area contributed by atoms with Gasteiger partial charge in [-0.25, -0.2) is 13.4 Å². The normalized spacial score (nSPS) is 12.3. The van der Waals surface area contributed by atoms with Gasteiger partial charge in [-0.05, 0) is 27.7 Å². The van der Waals surface area contributed by atoms with E-state index in [2.05, 4.69) is 20.6 Å². The highest BCUT2D eigenvalue weighted by Crippen LogP contribution is 2.17. The number of nitrogens with zero attached hydrogens (tertiary/aromatic N) is 2. The molecule has 0 unspecified atom stereocenters. The topological polar surface area (TPSA) is 84.0 Å². The van der Waals surface area contributed by atoms with Crippen LogP contribution < -0.4 is 10.6 Å². The molecular weight excluding hydrogens is 264 g/mol. The Kier molecular flexibility index (Phi) is 4.73. The Bertz CT molecular complexity index is 541. The fourth-order valence-electron chi connectivity index (χ4n) is 1.33. The molecule has 0 aliphatic rings. The Hall–Kier alpha value is -1.37. The molecule has 0 radical (unpaired) electrons. The maximum absolute atomic E-state index is 11.6. The van der Waals surface area contributed by atoms with E-state index < -0.39 is 14.6 Å². The van der Waals surface area contributed by atoms with Crippen LogP contribution >= 0.6 is 0 Å². The van der Waals surface area contributed by atoms with Gasteiger partial charge in [0.15, 0.2) is 9.84 Å². The molecule has 1 heterocycles. The fourth-order valence-corrected chi connectivity index (χ4v) is 1.67. The lowest BCUT2D eigenvalue weighted by Gasteiger charge is -2.23. The molecule has 1 rings (SSSR count). The third-order valence-electron chi connectivity index (χ3n) is 2.89. The molecule has 6 nitrogen and oxygen atoms in total. The van der Waals surface area contributed by atoms with E-state index in [0.717, 1.165) is 12.2 Å². The van der Waals surface area contributed by atoms with Crippen LogP contribution in [0.25, 0.3) is 0 Å². The van der Waals surface area contributed by atoms with E-state index in [0.29, 0.717) is 18.3 Å². The lowest BCUT2D eigenvalue weighted by atomic mass is 10.2. The first-order valence-corrected chi connectivity index (χ1v) is 8.08. The highest BCUT2D eigenvalue weighted by atomic mass is 32.2. The van der Waals surface area contributed by atoms with Crippen LogP contribution in [0.3, 0.4) is 0 Å². The smallest absolute Gasteiger partial charge is 0.224 e. The fraction of sp³-hybridized carbons (Fsp3) is 0.667. The van der Waals surface area contributed by atoms with Gasteiger partial charge in [0, 0.05) is 31.1 Å². The summed E-state index contributed by atoms with van der Waals surface area (Å²) >= 11 is 0. The van der Waals surface area contributed by atoms with Crippen molar-refractivity contribution >= 4 is 21.6 Å². The van der Waals surface area contributed by atoms with E-state index >= 15 is 0 Å². The summed E-state index contributed by atoms with van der Waals surface area (Å²) in [5.41, 5.74) is 0.825. The van der Waals surface area contributed by atoms with Crippen molar-refractivity contribution in [1.29, 1.82) is 0 Å². The van der Waals surface area contributed by atoms with Crippen LogP contribution in [0, 0.1) is 6.92 Å². The summed E-state index contributed by atoms with van der Waals surface area (Å²) in [6.45, 7) is 8.25. The molecule has 0 saturated heterocycles. The Morgan fingerprint density at radius 2 is 1.89 bits per heavy atom. The van der Waals surface area contributed by atoms with Crippen LogP contribution in [0.5, 0.6) is 0 Å². The summed E-state index contributed by atoms with van der Waals surface area (Å²) in [6.07, 6.45) is 1.24. The van der Waals surface area contributed by atoms with Crippen molar-refractivity contribution in [3.05, 3.63) is 11.8 Å². The number of hydrogen-bond acceptors (Lipinski definition) is 6. The van der Waals surface area contributed by atoms with Gasteiger partial charge < -0.3 is 10.6 Å². The van der Waals surface area contributed by atoms with Crippen molar-refractivity contribution < 1.29 is 8.42 Å². The lowest BCUT2D eigenvalue weighted by molar-refractivity contribution is 0.559. The largest absolute Gasteiger partial charge is 0.368 e. The van der Waals surface area contributed by atoms with Crippen LogP contribution in [0.4, 0.5) is 11.8 Å². The monoisotopic (exact) mass is 286 g/mol. The zero-order valence-electron chi connectivity index (χ0n) is 12.1. The highest BCUT2D eigenvalue weighted by Gasteiger charge is 2.29. The molecule has 1 aromatic heterocycles. The molecule has 0 aliphatic heterocycles. The van der Waals surface area contributed by atoms with E-state index in [1.54, 1.807) is 19.9 Å². The maximum atomic E-state index is 11.6. The van der Waals surface area contributed by atoms with Gasteiger partial charge >= 0.3 is 0 Å². The summed E-state index contributed by atoms with van der Waals surface area (Å²) in [5, 5.41) is 6.10. The molecule has 2 N–H and O–H groups in total. The van der Waals surface area contributed by atoms with Crippen LogP contribution in [0.15, 0.2) is 6.07 Å². The number of aryl methyl sites for hydroxylation is 1. The van der Waals surface area contributed by atoms with Gasteiger partial charge in [-0.3, -0.25) is 0 Å². The third-order valence-corrected chi connectivity index (χ3v) is 5.04. The molecule has 0 fully saturated rings. The predicted molar refractivity (Wildman–Crippen MR) is 78.3 cm³/mol. The molecule has 0 amide bonds. The summed E-state index contributed by atoms with van der Waals surface area (Å²) in [4.78, 5) is 8.52. The molecular formula is C12H22N4O2S. The van der Waals surface area contributed by atoms with E-state index in [4.69, 9.17) is 0 Å². The second kappa shape index (κ2) is 5.73. The minimum atomic E-state index is -3.12. The second-order valence-corrected chi connectivity index (χ2v) is 7.78. The maximum Gasteiger partial charge on any atom is 0.224 e. The van der Waals surface area contributed by atoms with Crippen LogP contribution in [0.2, 0.25) is 0 Å². The number of nitrogens with one attached hydrogen (secondary N) is 2. The van der Waals surface area contributed by atoms with Crippen molar-refractivity contribution in [3.8, 4) is 0 Å². The van der Waals surface area contributed by atoms with Gasteiger partial charge in [0.2, 0.25) is 5.95 Å². The molecule has 0 atom stereocenters. The lowest BCUT2D eigenvalue weighted by Crippen LogP contribution is -2.38. The predicted octanol–water partition coefficient (Wildman–Crippen LogP) is 1.45. The van der Waals surface area contributed by atoms with Crippen LogP contribution in [-0.2, 0) is 9.84 Å². The second-order valence-electron chi connectivity index (χ2n) is 5.13. The quantitative estimate of drug-likeness (QED) is 0.823. The van der Waals surface area contributed by atoms with Gasteiger partial charge in [0.05, 0.1) is 4.75 Å².